The molecule has 1 aromatic carbocycles. The molecule has 0 aliphatic carbocycles. The smallest absolute Gasteiger partial charge is 0.315 e. The van der Waals surface area contributed by atoms with E-state index < -0.39 is 5.82 Å². The van der Waals surface area contributed by atoms with Crippen molar-refractivity contribution in [2.24, 2.45) is 0 Å². The molecule has 22 heavy (non-hydrogen) atoms. The Morgan fingerprint density at radius 1 is 1.41 bits per heavy atom. The highest BCUT2D eigenvalue weighted by molar-refractivity contribution is 7.09. The first kappa shape index (κ1) is 16.2. The van der Waals surface area contributed by atoms with Crippen LogP contribution in [0.1, 0.15) is 24.9 Å². The maximum absolute atomic E-state index is 13.4. The van der Waals surface area contributed by atoms with Gasteiger partial charge < -0.3 is 15.4 Å². The maximum atomic E-state index is 13.4. The molecule has 118 valence electrons. The van der Waals surface area contributed by atoms with Gasteiger partial charge in [0.15, 0.2) is 11.6 Å². The first-order valence-electron chi connectivity index (χ1n) is 6.91. The van der Waals surface area contributed by atoms with Crippen molar-refractivity contribution in [2.45, 2.75) is 26.0 Å². The number of benzene rings is 1. The largest absolute Gasteiger partial charge is 0.486 e. The number of ether oxygens (including phenoxy) is 1. The average molecular weight is 323 g/mol. The van der Waals surface area contributed by atoms with Gasteiger partial charge in [-0.05, 0) is 26.0 Å². The SMILES string of the molecule is C[C@@H](CNC(=O)N[C@H](C)c1nccs1)Oc1ccccc1F. The second-order valence-electron chi connectivity index (χ2n) is 4.81. The van der Waals surface area contributed by atoms with Crippen LogP contribution in [0.2, 0.25) is 0 Å². The number of carbonyl (C=O) groups is 1. The van der Waals surface area contributed by atoms with Crippen molar-refractivity contribution in [3.63, 3.8) is 0 Å². The first-order chi connectivity index (χ1) is 10.6. The van der Waals surface area contributed by atoms with Gasteiger partial charge in [-0.1, -0.05) is 12.1 Å². The van der Waals surface area contributed by atoms with E-state index in [0.717, 1.165) is 5.01 Å². The number of hydrogen-bond acceptors (Lipinski definition) is 4. The molecular formula is C15H18FN3O2S. The van der Waals surface area contributed by atoms with Crippen LogP contribution in [0.15, 0.2) is 35.8 Å². The van der Waals surface area contributed by atoms with Crippen LogP contribution in [-0.4, -0.2) is 23.7 Å². The fourth-order valence-electron chi connectivity index (χ4n) is 1.79. The Balaban J connectivity index is 1.75. The van der Waals surface area contributed by atoms with Crippen LogP contribution in [0.5, 0.6) is 5.75 Å². The number of halogens is 1. The molecule has 1 heterocycles. The van der Waals surface area contributed by atoms with E-state index >= 15 is 0 Å². The van der Waals surface area contributed by atoms with Crippen LogP contribution in [0.3, 0.4) is 0 Å². The zero-order chi connectivity index (χ0) is 15.9. The molecule has 0 radical (unpaired) electrons. The molecule has 0 unspecified atom stereocenters. The van der Waals surface area contributed by atoms with Crippen LogP contribution >= 0.6 is 11.3 Å². The third kappa shape index (κ3) is 4.70. The first-order valence-corrected chi connectivity index (χ1v) is 7.79. The van der Waals surface area contributed by atoms with Crippen LogP contribution < -0.4 is 15.4 Å². The predicted octanol–water partition coefficient (Wildman–Crippen LogP) is 3.11. The summed E-state index contributed by atoms with van der Waals surface area (Å²) in [5.74, 6) is -0.246. The number of hydrogen-bond donors (Lipinski definition) is 2. The quantitative estimate of drug-likeness (QED) is 0.858. The number of thiazole rings is 1. The van der Waals surface area contributed by atoms with E-state index in [2.05, 4.69) is 15.6 Å². The molecule has 2 aromatic rings. The van der Waals surface area contributed by atoms with E-state index in [1.807, 2.05) is 12.3 Å². The van der Waals surface area contributed by atoms with Gasteiger partial charge in [-0.2, -0.15) is 0 Å². The molecule has 2 N–H and O–H groups in total. The van der Waals surface area contributed by atoms with Gasteiger partial charge in [0.05, 0.1) is 12.6 Å². The molecule has 2 atom stereocenters. The fraction of sp³-hybridized carbons (Fsp3) is 0.333. The number of aromatic nitrogens is 1. The molecule has 0 aliphatic rings. The second-order valence-corrected chi connectivity index (χ2v) is 5.73. The zero-order valence-corrected chi connectivity index (χ0v) is 13.2. The molecule has 0 aliphatic heterocycles. The normalized spacial score (nSPS) is 13.2. The number of nitrogens with zero attached hydrogens (tertiary/aromatic N) is 1. The summed E-state index contributed by atoms with van der Waals surface area (Å²) in [7, 11) is 0. The Labute approximate surface area is 132 Å². The van der Waals surface area contributed by atoms with Crippen molar-refractivity contribution < 1.29 is 13.9 Å². The predicted molar refractivity (Wildman–Crippen MR) is 83.6 cm³/mol. The minimum Gasteiger partial charge on any atom is -0.486 e. The van der Waals surface area contributed by atoms with Gasteiger partial charge in [-0.25, -0.2) is 14.2 Å². The van der Waals surface area contributed by atoms with Gasteiger partial charge in [0.1, 0.15) is 11.1 Å². The molecule has 2 rings (SSSR count). The average Bonchev–Trinajstić information content (AvgIpc) is 3.02. The molecular weight excluding hydrogens is 305 g/mol. The lowest BCUT2D eigenvalue weighted by atomic mass is 10.3. The van der Waals surface area contributed by atoms with Gasteiger partial charge in [0.2, 0.25) is 0 Å². The molecule has 0 fully saturated rings. The zero-order valence-electron chi connectivity index (χ0n) is 12.4. The van der Waals surface area contributed by atoms with Crippen LogP contribution in [-0.2, 0) is 0 Å². The van der Waals surface area contributed by atoms with Gasteiger partial charge in [0, 0.05) is 11.6 Å². The summed E-state index contributed by atoms with van der Waals surface area (Å²) in [5, 5.41) is 8.17. The van der Waals surface area contributed by atoms with Crippen molar-refractivity contribution in [1.29, 1.82) is 0 Å². The highest BCUT2D eigenvalue weighted by Gasteiger charge is 2.13. The Hall–Kier alpha value is -2.15. The topological polar surface area (TPSA) is 63.2 Å². The number of carbonyl (C=O) groups excluding carboxylic acids is 1. The fourth-order valence-corrected chi connectivity index (χ4v) is 2.44. The third-order valence-electron chi connectivity index (χ3n) is 2.88. The summed E-state index contributed by atoms with van der Waals surface area (Å²) in [5.41, 5.74) is 0. The number of para-hydroxylation sites is 1. The standard InChI is InChI=1S/C15H18FN3O2S/c1-10(21-13-6-4-3-5-12(13)16)9-18-15(20)19-11(2)14-17-7-8-22-14/h3-8,10-11H,9H2,1-2H3,(H2,18,19,20)/t10-,11+/m0/s1. The van der Waals surface area contributed by atoms with Gasteiger partial charge in [-0.15, -0.1) is 11.3 Å². The molecule has 0 spiro atoms. The van der Waals surface area contributed by atoms with E-state index in [9.17, 15) is 9.18 Å². The lowest BCUT2D eigenvalue weighted by Crippen LogP contribution is -2.41. The number of amides is 2. The number of rotatable bonds is 6. The second kappa shape index (κ2) is 7.74. The summed E-state index contributed by atoms with van der Waals surface area (Å²) < 4.78 is 18.9. The Morgan fingerprint density at radius 3 is 2.86 bits per heavy atom. The van der Waals surface area contributed by atoms with Crippen molar-refractivity contribution >= 4 is 17.4 Å². The molecule has 0 bridgehead atoms. The van der Waals surface area contributed by atoms with Crippen molar-refractivity contribution in [1.82, 2.24) is 15.6 Å². The minimum atomic E-state index is -0.420. The van der Waals surface area contributed by atoms with E-state index in [4.69, 9.17) is 4.74 Å². The molecule has 0 saturated heterocycles. The Kier molecular flexibility index (Phi) is 5.71. The number of urea groups is 1. The molecule has 2 amide bonds. The van der Waals surface area contributed by atoms with Crippen molar-refractivity contribution in [2.75, 3.05) is 6.54 Å². The van der Waals surface area contributed by atoms with E-state index in [0.29, 0.717) is 0 Å². The summed E-state index contributed by atoms with van der Waals surface area (Å²) in [4.78, 5) is 15.9. The monoisotopic (exact) mass is 323 g/mol. The summed E-state index contributed by atoms with van der Waals surface area (Å²) in [6.45, 7) is 3.89. The van der Waals surface area contributed by atoms with E-state index in [1.165, 1.54) is 17.4 Å². The van der Waals surface area contributed by atoms with Crippen molar-refractivity contribution in [3.05, 3.63) is 46.7 Å². The number of nitrogens with one attached hydrogen (secondary N) is 2. The van der Waals surface area contributed by atoms with Gasteiger partial charge in [-0.3, -0.25) is 0 Å². The van der Waals surface area contributed by atoms with Crippen LogP contribution in [0.25, 0.3) is 0 Å². The van der Waals surface area contributed by atoms with Crippen LogP contribution in [0, 0.1) is 5.82 Å². The summed E-state index contributed by atoms with van der Waals surface area (Å²) in [6, 6.07) is 5.70. The van der Waals surface area contributed by atoms with Crippen molar-refractivity contribution in [3.8, 4) is 5.75 Å². The maximum Gasteiger partial charge on any atom is 0.315 e. The third-order valence-corrected chi connectivity index (χ3v) is 3.84. The Bertz CT molecular complexity index is 607. The van der Waals surface area contributed by atoms with E-state index in [1.54, 1.807) is 31.3 Å². The lowest BCUT2D eigenvalue weighted by molar-refractivity contribution is 0.200. The molecule has 1 aromatic heterocycles. The van der Waals surface area contributed by atoms with Crippen LogP contribution in [0.4, 0.5) is 9.18 Å². The van der Waals surface area contributed by atoms with Gasteiger partial charge >= 0.3 is 6.03 Å². The lowest BCUT2D eigenvalue weighted by Gasteiger charge is -2.17. The highest BCUT2D eigenvalue weighted by atomic mass is 32.1. The molecule has 7 heteroatoms. The Morgan fingerprint density at radius 2 is 2.18 bits per heavy atom. The molecule has 5 nitrogen and oxygen atoms in total. The summed E-state index contributed by atoms with van der Waals surface area (Å²) in [6.07, 6.45) is 1.35. The van der Waals surface area contributed by atoms with E-state index in [-0.39, 0.29) is 30.5 Å². The van der Waals surface area contributed by atoms with Gasteiger partial charge in [0.25, 0.3) is 0 Å². The summed E-state index contributed by atoms with van der Waals surface area (Å²) >= 11 is 1.48. The minimum absolute atomic E-state index is 0.164. The molecule has 0 saturated carbocycles. The highest BCUT2D eigenvalue weighted by Crippen LogP contribution is 2.17.